The Kier molecular flexibility index (Phi) is 5.10. The summed E-state index contributed by atoms with van der Waals surface area (Å²) in [5.41, 5.74) is 0.617. The predicted octanol–water partition coefficient (Wildman–Crippen LogP) is 3.24. The van der Waals surface area contributed by atoms with Crippen LogP contribution in [0.25, 0.3) is 0 Å². The SMILES string of the molecule is CCOC(=O)c1cccc(NC(=O)C(C)(C)CC)c1. The van der Waals surface area contributed by atoms with Gasteiger partial charge in [-0.25, -0.2) is 4.79 Å². The quantitative estimate of drug-likeness (QED) is 0.830. The molecule has 0 bridgehead atoms. The first-order chi connectivity index (χ1) is 8.90. The zero-order valence-electron chi connectivity index (χ0n) is 11.9. The summed E-state index contributed by atoms with van der Waals surface area (Å²) in [5.74, 6) is -0.440. The van der Waals surface area contributed by atoms with Crippen molar-refractivity contribution in [2.45, 2.75) is 34.1 Å². The fraction of sp³-hybridized carbons (Fsp3) is 0.467. The van der Waals surface area contributed by atoms with E-state index < -0.39 is 5.41 Å². The molecule has 1 amide bonds. The van der Waals surface area contributed by atoms with Crippen molar-refractivity contribution in [2.75, 3.05) is 11.9 Å². The van der Waals surface area contributed by atoms with Crippen LogP contribution in [-0.4, -0.2) is 18.5 Å². The molecule has 0 aliphatic rings. The average Bonchev–Trinajstić information content (AvgIpc) is 2.39. The number of amides is 1. The lowest BCUT2D eigenvalue weighted by molar-refractivity contribution is -0.124. The van der Waals surface area contributed by atoms with Crippen molar-refractivity contribution in [3.8, 4) is 0 Å². The number of anilines is 1. The van der Waals surface area contributed by atoms with Crippen LogP contribution in [0.2, 0.25) is 0 Å². The fourth-order valence-corrected chi connectivity index (χ4v) is 1.40. The van der Waals surface area contributed by atoms with Crippen LogP contribution in [-0.2, 0) is 9.53 Å². The van der Waals surface area contributed by atoms with E-state index in [0.717, 1.165) is 6.42 Å². The van der Waals surface area contributed by atoms with Crippen molar-refractivity contribution in [1.29, 1.82) is 0 Å². The molecule has 0 saturated carbocycles. The summed E-state index contributed by atoms with van der Waals surface area (Å²) in [4.78, 5) is 23.6. The first-order valence-corrected chi connectivity index (χ1v) is 6.49. The largest absolute Gasteiger partial charge is 0.462 e. The summed E-state index contributed by atoms with van der Waals surface area (Å²) in [6, 6.07) is 6.77. The molecule has 4 heteroatoms. The number of hydrogen-bond donors (Lipinski definition) is 1. The van der Waals surface area contributed by atoms with Crippen molar-refractivity contribution in [2.24, 2.45) is 5.41 Å². The van der Waals surface area contributed by atoms with Gasteiger partial charge in [-0.3, -0.25) is 4.79 Å². The van der Waals surface area contributed by atoms with Crippen LogP contribution < -0.4 is 5.32 Å². The number of rotatable bonds is 5. The molecular formula is C15H21NO3. The molecule has 0 radical (unpaired) electrons. The molecule has 1 rings (SSSR count). The van der Waals surface area contributed by atoms with Gasteiger partial charge in [0.1, 0.15) is 0 Å². The summed E-state index contributed by atoms with van der Waals surface area (Å²) in [7, 11) is 0. The Hall–Kier alpha value is -1.84. The van der Waals surface area contributed by atoms with Crippen LogP contribution >= 0.6 is 0 Å². The predicted molar refractivity (Wildman–Crippen MR) is 75.1 cm³/mol. The van der Waals surface area contributed by atoms with Gasteiger partial charge in [0, 0.05) is 11.1 Å². The highest BCUT2D eigenvalue weighted by atomic mass is 16.5. The van der Waals surface area contributed by atoms with E-state index in [1.807, 2.05) is 20.8 Å². The molecule has 0 atom stereocenters. The van der Waals surface area contributed by atoms with E-state index in [2.05, 4.69) is 5.32 Å². The summed E-state index contributed by atoms with van der Waals surface area (Å²) in [5, 5.41) is 2.82. The molecule has 1 aromatic carbocycles. The zero-order valence-corrected chi connectivity index (χ0v) is 11.9. The minimum absolute atomic E-state index is 0.0593. The maximum Gasteiger partial charge on any atom is 0.338 e. The van der Waals surface area contributed by atoms with Gasteiger partial charge in [0.25, 0.3) is 0 Å². The number of carbonyl (C=O) groups is 2. The number of benzene rings is 1. The van der Waals surface area contributed by atoms with Gasteiger partial charge in [-0.2, -0.15) is 0 Å². The van der Waals surface area contributed by atoms with Gasteiger partial charge < -0.3 is 10.1 Å². The molecule has 0 aliphatic heterocycles. The van der Waals surface area contributed by atoms with E-state index in [-0.39, 0.29) is 11.9 Å². The second kappa shape index (κ2) is 6.36. The van der Waals surface area contributed by atoms with Gasteiger partial charge in [0.15, 0.2) is 0 Å². The van der Waals surface area contributed by atoms with E-state index in [1.54, 1.807) is 31.2 Å². The first kappa shape index (κ1) is 15.2. The molecule has 0 heterocycles. The van der Waals surface area contributed by atoms with Crippen LogP contribution in [0.4, 0.5) is 5.69 Å². The van der Waals surface area contributed by atoms with Crippen molar-refractivity contribution >= 4 is 17.6 Å². The second-order valence-electron chi connectivity index (χ2n) is 4.99. The highest BCUT2D eigenvalue weighted by Gasteiger charge is 2.25. The van der Waals surface area contributed by atoms with Crippen molar-refractivity contribution in [3.63, 3.8) is 0 Å². The minimum Gasteiger partial charge on any atom is -0.462 e. The van der Waals surface area contributed by atoms with Gasteiger partial charge in [-0.15, -0.1) is 0 Å². The number of carbonyl (C=O) groups excluding carboxylic acids is 2. The van der Waals surface area contributed by atoms with Crippen molar-refractivity contribution in [3.05, 3.63) is 29.8 Å². The van der Waals surface area contributed by atoms with Gasteiger partial charge in [0.05, 0.1) is 12.2 Å². The Morgan fingerprint density at radius 2 is 1.95 bits per heavy atom. The smallest absolute Gasteiger partial charge is 0.338 e. The van der Waals surface area contributed by atoms with Gasteiger partial charge in [0.2, 0.25) is 5.91 Å². The fourth-order valence-electron chi connectivity index (χ4n) is 1.40. The Bertz CT molecular complexity index is 466. The third-order valence-corrected chi connectivity index (χ3v) is 3.13. The maximum atomic E-state index is 12.0. The Labute approximate surface area is 114 Å². The van der Waals surface area contributed by atoms with E-state index in [0.29, 0.717) is 17.9 Å². The van der Waals surface area contributed by atoms with Crippen LogP contribution in [0.3, 0.4) is 0 Å². The van der Waals surface area contributed by atoms with Crippen molar-refractivity contribution in [1.82, 2.24) is 0 Å². The Morgan fingerprint density at radius 1 is 1.26 bits per heavy atom. The third kappa shape index (κ3) is 4.09. The molecule has 0 aromatic heterocycles. The zero-order chi connectivity index (χ0) is 14.5. The van der Waals surface area contributed by atoms with Crippen LogP contribution in [0.1, 0.15) is 44.5 Å². The second-order valence-corrected chi connectivity index (χ2v) is 4.99. The first-order valence-electron chi connectivity index (χ1n) is 6.49. The normalized spacial score (nSPS) is 10.9. The minimum atomic E-state index is -0.431. The van der Waals surface area contributed by atoms with Gasteiger partial charge in [-0.05, 0) is 31.5 Å². The number of nitrogens with one attached hydrogen (secondary N) is 1. The average molecular weight is 263 g/mol. The highest BCUT2D eigenvalue weighted by molar-refractivity contribution is 5.96. The molecule has 4 nitrogen and oxygen atoms in total. The Balaban J connectivity index is 2.83. The molecule has 0 aliphatic carbocycles. The molecule has 0 fully saturated rings. The molecule has 104 valence electrons. The summed E-state index contributed by atoms with van der Waals surface area (Å²) in [6.45, 7) is 7.83. The van der Waals surface area contributed by atoms with E-state index in [9.17, 15) is 9.59 Å². The molecule has 19 heavy (non-hydrogen) atoms. The van der Waals surface area contributed by atoms with Gasteiger partial charge in [-0.1, -0.05) is 26.8 Å². The van der Waals surface area contributed by atoms with Gasteiger partial charge >= 0.3 is 5.97 Å². The van der Waals surface area contributed by atoms with E-state index in [4.69, 9.17) is 4.74 Å². The summed E-state index contributed by atoms with van der Waals surface area (Å²) in [6.07, 6.45) is 0.746. The highest BCUT2D eigenvalue weighted by Crippen LogP contribution is 2.22. The Morgan fingerprint density at radius 3 is 2.53 bits per heavy atom. The lowest BCUT2D eigenvalue weighted by atomic mass is 9.89. The van der Waals surface area contributed by atoms with Crippen LogP contribution in [0.5, 0.6) is 0 Å². The lowest BCUT2D eigenvalue weighted by Gasteiger charge is -2.21. The molecule has 0 unspecified atom stereocenters. The summed E-state index contributed by atoms with van der Waals surface area (Å²) >= 11 is 0. The maximum absolute atomic E-state index is 12.0. The number of ether oxygens (including phenoxy) is 1. The third-order valence-electron chi connectivity index (χ3n) is 3.13. The molecule has 0 spiro atoms. The lowest BCUT2D eigenvalue weighted by Crippen LogP contribution is -2.30. The van der Waals surface area contributed by atoms with E-state index >= 15 is 0 Å². The molecular weight excluding hydrogens is 242 g/mol. The van der Waals surface area contributed by atoms with Crippen LogP contribution in [0, 0.1) is 5.41 Å². The molecule has 1 N–H and O–H groups in total. The van der Waals surface area contributed by atoms with E-state index in [1.165, 1.54) is 0 Å². The summed E-state index contributed by atoms with van der Waals surface area (Å²) < 4.78 is 4.92. The van der Waals surface area contributed by atoms with Crippen LogP contribution in [0.15, 0.2) is 24.3 Å². The number of esters is 1. The van der Waals surface area contributed by atoms with Crippen molar-refractivity contribution < 1.29 is 14.3 Å². The standard InChI is InChI=1S/C15H21NO3/c1-5-15(3,4)14(18)16-12-9-7-8-11(10-12)13(17)19-6-2/h7-10H,5-6H2,1-4H3,(H,16,18). The topological polar surface area (TPSA) is 55.4 Å². The molecule has 1 aromatic rings. The number of hydrogen-bond acceptors (Lipinski definition) is 3. The monoisotopic (exact) mass is 263 g/mol. The molecule has 0 saturated heterocycles.